The Balaban J connectivity index is 1.78. The summed E-state index contributed by atoms with van der Waals surface area (Å²) in [4.78, 5) is 22.0. The Hall–Kier alpha value is -1.53. The Morgan fingerprint density at radius 2 is 2.00 bits per heavy atom. The van der Waals surface area contributed by atoms with Crippen LogP contribution in [0, 0.1) is 0 Å². The highest BCUT2D eigenvalue weighted by atomic mass is 16.2. The van der Waals surface area contributed by atoms with Crippen molar-refractivity contribution in [2.45, 2.75) is 25.3 Å². The number of amides is 1. The van der Waals surface area contributed by atoms with Gasteiger partial charge in [-0.2, -0.15) is 0 Å². The van der Waals surface area contributed by atoms with Crippen LogP contribution in [0.5, 0.6) is 0 Å². The van der Waals surface area contributed by atoms with Gasteiger partial charge in [0.2, 0.25) is 11.9 Å². The smallest absolute Gasteiger partial charge is 0.240 e. The van der Waals surface area contributed by atoms with Crippen LogP contribution in [0.1, 0.15) is 19.8 Å². The molecule has 0 bridgehead atoms. The normalized spacial score (nSPS) is 19.1. The summed E-state index contributed by atoms with van der Waals surface area (Å²) in [5, 5.41) is 6.05. The lowest BCUT2D eigenvalue weighted by Gasteiger charge is -2.38. The molecular formula is C13H21N5O. The quantitative estimate of drug-likeness (QED) is 0.827. The van der Waals surface area contributed by atoms with Crippen molar-refractivity contribution < 1.29 is 4.79 Å². The van der Waals surface area contributed by atoms with E-state index in [1.54, 1.807) is 18.5 Å². The highest BCUT2D eigenvalue weighted by Crippen LogP contribution is 2.20. The molecule has 1 aromatic rings. The molecule has 104 valence electrons. The van der Waals surface area contributed by atoms with Crippen LogP contribution in [0.3, 0.4) is 0 Å². The van der Waals surface area contributed by atoms with Crippen LogP contribution in [0.25, 0.3) is 0 Å². The maximum absolute atomic E-state index is 11.9. The second-order valence-corrected chi connectivity index (χ2v) is 5.21. The van der Waals surface area contributed by atoms with Crippen molar-refractivity contribution in [1.82, 2.24) is 20.2 Å². The van der Waals surface area contributed by atoms with Gasteiger partial charge in [-0.25, -0.2) is 9.97 Å². The van der Waals surface area contributed by atoms with E-state index in [1.165, 1.54) is 0 Å². The molecule has 0 unspecified atom stereocenters. The summed E-state index contributed by atoms with van der Waals surface area (Å²) in [6.45, 7) is 4.49. The molecule has 2 N–H and O–H groups in total. The van der Waals surface area contributed by atoms with Crippen LogP contribution in [-0.4, -0.2) is 53.0 Å². The fourth-order valence-corrected chi connectivity index (χ4v) is 2.19. The number of carbonyl (C=O) groups is 1. The van der Waals surface area contributed by atoms with E-state index >= 15 is 0 Å². The number of hydrogen-bond acceptors (Lipinski definition) is 5. The Morgan fingerprint density at radius 1 is 1.37 bits per heavy atom. The van der Waals surface area contributed by atoms with Gasteiger partial charge in [0, 0.05) is 31.0 Å². The standard InChI is InChI=1S/C13H21N5O/c1-13(14-2)4-8-18(9-5-13)10-11(19)17-12-15-6-3-7-16-12/h3,6-7,14H,4-5,8-10H2,1-2H3,(H,15,16,17,19). The first-order valence-corrected chi connectivity index (χ1v) is 6.59. The minimum atomic E-state index is -0.0562. The molecule has 0 atom stereocenters. The number of likely N-dealkylation sites (tertiary alicyclic amines) is 1. The van der Waals surface area contributed by atoms with E-state index in [1.807, 2.05) is 7.05 Å². The van der Waals surface area contributed by atoms with Gasteiger partial charge in [0.25, 0.3) is 0 Å². The first-order chi connectivity index (χ1) is 9.11. The predicted octanol–water partition coefficient (Wildman–Crippen LogP) is 0.489. The highest BCUT2D eigenvalue weighted by Gasteiger charge is 2.28. The number of nitrogens with zero attached hydrogens (tertiary/aromatic N) is 3. The molecule has 2 heterocycles. The average Bonchev–Trinajstić information content (AvgIpc) is 2.43. The first kappa shape index (κ1) is 13.9. The summed E-state index contributed by atoms with van der Waals surface area (Å²) < 4.78 is 0. The highest BCUT2D eigenvalue weighted by molar-refractivity contribution is 5.90. The minimum Gasteiger partial charge on any atom is -0.314 e. The third-order valence-electron chi connectivity index (χ3n) is 3.75. The number of aromatic nitrogens is 2. The molecule has 0 saturated carbocycles. The molecular weight excluding hydrogens is 242 g/mol. The van der Waals surface area contributed by atoms with E-state index in [0.717, 1.165) is 25.9 Å². The van der Waals surface area contributed by atoms with Crippen LogP contribution in [0.15, 0.2) is 18.5 Å². The lowest BCUT2D eigenvalue weighted by molar-refractivity contribution is -0.117. The minimum absolute atomic E-state index is 0.0562. The summed E-state index contributed by atoms with van der Waals surface area (Å²) in [6, 6.07) is 1.72. The van der Waals surface area contributed by atoms with E-state index in [4.69, 9.17) is 0 Å². The summed E-state index contributed by atoms with van der Waals surface area (Å²) in [7, 11) is 2.00. The molecule has 1 amide bonds. The van der Waals surface area contributed by atoms with Crippen molar-refractivity contribution in [2.75, 3.05) is 32.0 Å². The van der Waals surface area contributed by atoms with E-state index < -0.39 is 0 Å². The lowest BCUT2D eigenvalue weighted by atomic mass is 9.90. The summed E-state index contributed by atoms with van der Waals surface area (Å²) in [5.74, 6) is 0.309. The number of hydrogen-bond donors (Lipinski definition) is 2. The third kappa shape index (κ3) is 3.97. The van der Waals surface area contributed by atoms with Crippen LogP contribution < -0.4 is 10.6 Å². The first-order valence-electron chi connectivity index (χ1n) is 6.59. The van der Waals surface area contributed by atoms with Gasteiger partial charge in [-0.05, 0) is 32.9 Å². The Kier molecular flexibility index (Phi) is 4.44. The number of rotatable bonds is 4. The molecule has 19 heavy (non-hydrogen) atoms. The van der Waals surface area contributed by atoms with Gasteiger partial charge in [0.05, 0.1) is 6.54 Å². The van der Waals surface area contributed by atoms with Crippen molar-refractivity contribution in [2.24, 2.45) is 0 Å². The predicted molar refractivity (Wildman–Crippen MR) is 73.8 cm³/mol. The number of anilines is 1. The zero-order valence-corrected chi connectivity index (χ0v) is 11.5. The topological polar surface area (TPSA) is 70.2 Å². The zero-order chi connectivity index (χ0) is 13.7. The van der Waals surface area contributed by atoms with Crippen LogP contribution in [0.4, 0.5) is 5.95 Å². The van der Waals surface area contributed by atoms with Crippen LogP contribution in [-0.2, 0) is 4.79 Å². The second-order valence-electron chi connectivity index (χ2n) is 5.21. The molecule has 1 aromatic heterocycles. The van der Waals surface area contributed by atoms with Crippen molar-refractivity contribution in [3.63, 3.8) is 0 Å². The van der Waals surface area contributed by atoms with Crippen molar-refractivity contribution >= 4 is 11.9 Å². The molecule has 0 radical (unpaired) electrons. The van der Waals surface area contributed by atoms with Gasteiger partial charge < -0.3 is 5.32 Å². The molecule has 2 rings (SSSR count). The molecule has 0 spiro atoms. The number of nitrogens with one attached hydrogen (secondary N) is 2. The van der Waals surface area contributed by atoms with Crippen molar-refractivity contribution in [3.8, 4) is 0 Å². The van der Waals surface area contributed by atoms with Crippen LogP contribution >= 0.6 is 0 Å². The van der Waals surface area contributed by atoms with Gasteiger partial charge in [-0.1, -0.05) is 0 Å². The summed E-state index contributed by atoms with van der Waals surface area (Å²) in [5.41, 5.74) is 0.204. The summed E-state index contributed by atoms with van der Waals surface area (Å²) >= 11 is 0. The van der Waals surface area contributed by atoms with Crippen LogP contribution in [0.2, 0.25) is 0 Å². The fraction of sp³-hybridized carbons (Fsp3) is 0.615. The number of carbonyl (C=O) groups excluding carboxylic acids is 1. The lowest BCUT2D eigenvalue weighted by Crippen LogP contribution is -2.51. The van der Waals surface area contributed by atoms with E-state index in [2.05, 4.69) is 32.4 Å². The largest absolute Gasteiger partial charge is 0.314 e. The van der Waals surface area contributed by atoms with Gasteiger partial charge in [-0.15, -0.1) is 0 Å². The fourth-order valence-electron chi connectivity index (χ4n) is 2.19. The number of piperidine rings is 1. The average molecular weight is 263 g/mol. The van der Waals surface area contributed by atoms with Gasteiger partial charge in [0.15, 0.2) is 0 Å². The van der Waals surface area contributed by atoms with Gasteiger partial charge >= 0.3 is 0 Å². The van der Waals surface area contributed by atoms with E-state index in [0.29, 0.717) is 12.5 Å². The molecule has 1 aliphatic heterocycles. The monoisotopic (exact) mass is 263 g/mol. The molecule has 1 saturated heterocycles. The molecule has 0 aliphatic carbocycles. The van der Waals surface area contributed by atoms with Crippen molar-refractivity contribution in [1.29, 1.82) is 0 Å². The molecule has 6 nitrogen and oxygen atoms in total. The summed E-state index contributed by atoms with van der Waals surface area (Å²) in [6.07, 6.45) is 5.33. The SMILES string of the molecule is CNC1(C)CCN(CC(=O)Nc2ncccn2)CC1. The molecule has 1 fully saturated rings. The maximum atomic E-state index is 11.9. The maximum Gasteiger partial charge on any atom is 0.240 e. The van der Waals surface area contributed by atoms with E-state index in [9.17, 15) is 4.79 Å². The molecule has 6 heteroatoms. The molecule has 1 aliphatic rings. The Morgan fingerprint density at radius 3 is 2.58 bits per heavy atom. The molecule has 0 aromatic carbocycles. The third-order valence-corrected chi connectivity index (χ3v) is 3.75. The van der Waals surface area contributed by atoms with Crippen molar-refractivity contribution in [3.05, 3.63) is 18.5 Å². The Bertz CT molecular complexity index is 414. The zero-order valence-electron chi connectivity index (χ0n) is 11.5. The van der Waals surface area contributed by atoms with Gasteiger partial charge in [0.1, 0.15) is 0 Å². The van der Waals surface area contributed by atoms with E-state index in [-0.39, 0.29) is 11.4 Å². The van der Waals surface area contributed by atoms with Gasteiger partial charge in [-0.3, -0.25) is 15.0 Å². The Labute approximate surface area is 113 Å². The second kappa shape index (κ2) is 6.08.